The molecule has 4 nitrogen and oxygen atoms in total. The summed E-state index contributed by atoms with van der Waals surface area (Å²) < 4.78 is 2.00. The van der Waals surface area contributed by atoms with Gasteiger partial charge in [-0.25, -0.2) is 4.98 Å². The molecule has 18 heavy (non-hydrogen) atoms. The number of nitrogens with two attached hydrogens (primary N) is 1. The Hall–Kier alpha value is -1.20. The number of thiazole rings is 1. The fourth-order valence-electron chi connectivity index (χ4n) is 2.00. The van der Waals surface area contributed by atoms with Crippen LogP contribution in [0.4, 0.5) is 0 Å². The SMILES string of the molecule is CCc1cc(C(N)Cc2nc(C)cs2)n(CC)n1. The molecular formula is C13H20N4S. The van der Waals surface area contributed by atoms with Gasteiger partial charge in [-0.2, -0.15) is 5.10 Å². The summed E-state index contributed by atoms with van der Waals surface area (Å²) in [5.41, 5.74) is 9.58. The van der Waals surface area contributed by atoms with Gasteiger partial charge in [0.1, 0.15) is 0 Å². The van der Waals surface area contributed by atoms with Crippen molar-refractivity contribution < 1.29 is 0 Å². The molecule has 0 saturated carbocycles. The summed E-state index contributed by atoms with van der Waals surface area (Å²) in [5, 5.41) is 7.70. The Bertz CT molecular complexity index is 515. The molecule has 0 spiro atoms. The second-order valence-electron chi connectivity index (χ2n) is 4.42. The molecule has 2 rings (SSSR count). The van der Waals surface area contributed by atoms with Crippen LogP contribution in [-0.2, 0) is 19.4 Å². The van der Waals surface area contributed by atoms with E-state index in [9.17, 15) is 0 Å². The minimum atomic E-state index is -0.0247. The highest BCUT2D eigenvalue weighted by molar-refractivity contribution is 7.09. The summed E-state index contributed by atoms with van der Waals surface area (Å²) in [5.74, 6) is 0. The topological polar surface area (TPSA) is 56.7 Å². The van der Waals surface area contributed by atoms with E-state index in [4.69, 9.17) is 5.73 Å². The summed E-state index contributed by atoms with van der Waals surface area (Å²) in [6, 6.07) is 2.09. The van der Waals surface area contributed by atoms with Crippen LogP contribution in [0.15, 0.2) is 11.4 Å². The highest BCUT2D eigenvalue weighted by Gasteiger charge is 2.15. The van der Waals surface area contributed by atoms with Crippen LogP contribution in [0.5, 0.6) is 0 Å². The number of rotatable bonds is 5. The van der Waals surface area contributed by atoms with E-state index < -0.39 is 0 Å². The zero-order chi connectivity index (χ0) is 13.1. The van der Waals surface area contributed by atoms with Crippen molar-refractivity contribution >= 4 is 11.3 Å². The van der Waals surface area contributed by atoms with Crippen LogP contribution in [0.2, 0.25) is 0 Å². The van der Waals surface area contributed by atoms with Gasteiger partial charge < -0.3 is 5.73 Å². The number of aromatic nitrogens is 3. The van der Waals surface area contributed by atoms with Gasteiger partial charge in [-0.05, 0) is 26.3 Å². The van der Waals surface area contributed by atoms with Gasteiger partial charge in [0.25, 0.3) is 0 Å². The minimum absolute atomic E-state index is 0.0247. The maximum Gasteiger partial charge on any atom is 0.0947 e. The molecule has 0 aromatic carbocycles. The zero-order valence-corrected chi connectivity index (χ0v) is 12.0. The third-order valence-electron chi connectivity index (χ3n) is 2.96. The van der Waals surface area contributed by atoms with E-state index in [1.807, 2.05) is 11.6 Å². The average Bonchev–Trinajstić information content (AvgIpc) is 2.95. The van der Waals surface area contributed by atoms with Crippen molar-refractivity contribution in [2.45, 2.75) is 46.2 Å². The Kier molecular flexibility index (Phi) is 4.14. The fourth-order valence-corrected chi connectivity index (χ4v) is 2.83. The smallest absolute Gasteiger partial charge is 0.0947 e. The molecular weight excluding hydrogens is 244 g/mol. The van der Waals surface area contributed by atoms with E-state index in [0.29, 0.717) is 0 Å². The quantitative estimate of drug-likeness (QED) is 0.902. The van der Waals surface area contributed by atoms with Crippen molar-refractivity contribution in [3.8, 4) is 0 Å². The van der Waals surface area contributed by atoms with Gasteiger partial charge >= 0.3 is 0 Å². The highest BCUT2D eigenvalue weighted by Crippen LogP contribution is 2.20. The molecule has 2 aromatic heterocycles. The van der Waals surface area contributed by atoms with Crippen LogP contribution in [-0.4, -0.2) is 14.8 Å². The van der Waals surface area contributed by atoms with Crippen LogP contribution in [0.25, 0.3) is 0 Å². The first-order valence-corrected chi connectivity index (χ1v) is 7.25. The van der Waals surface area contributed by atoms with Crippen molar-refractivity contribution in [1.82, 2.24) is 14.8 Å². The van der Waals surface area contributed by atoms with E-state index in [2.05, 4.69) is 35.4 Å². The maximum atomic E-state index is 6.29. The number of hydrogen-bond donors (Lipinski definition) is 1. The highest BCUT2D eigenvalue weighted by atomic mass is 32.1. The molecule has 0 bridgehead atoms. The Morgan fingerprint density at radius 3 is 2.78 bits per heavy atom. The summed E-state index contributed by atoms with van der Waals surface area (Å²) in [4.78, 5) is 4.47. The van der Waals surface area contributed by atoms with Crippen molar-refractivity contribution in [1.29, 1.82) is 0 Å². The molecule has 0 amide bonds. The molecule has 0 aliphatic carbocycles. The van der Waals surface area contributed by atoms with Gasteiger partial charge in [0.2, 0.25) is 0 Å². The molecule has 0 aliphatic rings. The van der Waals surface area contributed by atoms with E-state index in [-0.39, 0.29) is 6.04 Å². The molecule has 0 saturated heterocycles. The summed E-state index contributed by atoms with van der Waals surface area (Å²) in [7, 11) is 0. The van der Waals surface area contributed by atoms with E-state index >= 15 is 0 Å². The Morgan fingerprint density at radius 1 is 1.44 bits per heavy atom. The Morgan fingerprint density at radius 2 is 2.22 bits per heavy atom. The molecule has 1 atom stereocenters. The lowest BCUT2D eigenvalue weighted by molar-refractivity contribution is 0.564. The summed E-state index contributed by atoms with van der Waals surface area (Å²) in [6.07, 6.45) is 1.73. The zero-order valence-electron chi connectivity index (χ0n) is 11.2. The molecule has 0 fully saturated rings. The molecule has 2 heterocycles. The normalized spacial score (nSPS) is 12.9. The average molecular weight is 264 g/mol. The summed E-state index contributed by atoms with van der Waals surface area (Å²) in [6.45, 7) is 7.08. The van der Waals surface area contributed by atoms with Crippen molar-refractivity contribution in [2.75, 3.05) is 0 Å². The van der Waals surface area contributed by atoms with Gasteiger partial charge in [-0.15, -0.1) is 11.3 Å². The lowest BCUT2D eigenvalue weighted by Gasteiger charge is -2.11. The lowest BCUT2D eigenvalue weighted by Crippen LogP contribution is -2.18. The standard InChI is InChI=1S/C13H20N4S/c1-4-10-6-12(17(5-2)16-10)11(14)7-13-15-9(3)8-18-13/h6,8,11H,4-5,7,14H2,1-3H3. The van der Waals surface area contributed by atoms with Crippen molar-refractivity contribution in [3.63, 3.8) is 0 Å². The Balaban J connectivity index is 2.17. The van der Waals surface area contributed by atoms with E-state index in [0.717, 1.165) is 41.5 Å². The van der Waals surface area contributed by atoms with E-state index in [1.54, 1.807) is 11.3 Å². The predicted molar refractivity (Wildman–Crippen MR) is 74.8 cm³/mol. The molecule has 5 heteroatoms. The largest absolute Gasteiger partial charge is 0.322 e. The second kappa shape index (κ2) is 5.63. The molecule has 1 unspecified atom stereocenters. The van der Waals surface area contributed by atoms with Gasteiger partial charge in [0.05, 0.1) is 22.4 Å². The first-order chi connectivity index (χ1) is 8.63. The number of hydrogen-bond acceptors (Lipinski definition) is 4. The Labute approximate surface area is 112 Å². The van der Waals surface area contributed by atoms with Gasteiger partial charge in [-0.3, -0.25) is 4.68 Å². The molecule has 98 valence electrons. The van der Waals surface area contributed by atoms with Crippen molar-refractivity contribution in [2.24, 2.45) is 5.73 Å². The molecule has 2 aromatic rings. The maximum absolute atomic E-state index is 6.29. The van der Waals surface area contributed by atoms with Crippen molar-refractivity contribution in [3.05, 3.63) is 33.5 Å². The first kappa shape index (κ1) is 13.2. The first-order valence-electron chi connectivity index (χ1n) is 6.37. The van der Waals surface area contributed by atoms with Gasteiger partial charge in [0.15, 0.2) is 0 Å². The van der Waals surface area contributed by atoms with Gasteiger partial charge in [0, 0.05) is 24.0 Å². The third kappa shape index (κ3) is 2.79. The molecule has 0 aliphatic heterocycles. The fraction of sp³-hybridized carbons (Fsp3) is 0.538. The number of aryl methyl sites for hydroxylation is 3. The predicted octanol–water partition coefficient (Wildman–Crippen LogP) is 2.47. The van der Waals surface area contributed by atoms with Crippen LogP contribution in [0, 0.1) is 6.92 Å². The minimum Gasteiger partial charge on any atom is -0.322 e. The lowest BCUT2D eigenvalue weighted by atomic mass is 10.1. The van der Waals surface area contributed by atoms with Crippen LogP contribution >= 0.6 is 11.3 Å². The second-order valence-corrected chi connectivity index (χ2v) is 5.37. The molecule has 0 radical (unpaired) electrons. The molecule has 2 N–H and O–H groups in total. The third-order valence-corrected chi connectivity index (χ3v) is 3.95. The van der Waals surface area contributed by atoms with E-state index in [1.165, 1.54) is 0 Å². The van der Waals surface area contributed by atoms with Gasteiger partial charge in [-0.1, -0.05) is 6.92 Å². The monoisotopic (exact) mass is 264 g/mol. The van der Waals surface area contributed by atoms with Crippen LogP contribution in [0.1, 0.15) is 42.0 Å². The van der Waals surface area contributed by atoms with Crippen LogP contribution < -0.4 is 5.73 Å². The number of nitrogens with zero attached hydrogens (tertiary/aromatic N) is 3. The van der Waals surface area contributed by atoms with Crippen LogP contribution in [0.3, 0.4) is 0 Å². The summed E-state index contributed by atoms with van der Waals surface area (Å²) >= 11 is 1.68.